The zero-order valence-corrected chi connectivity index (χ0v) is 10.2. The molecule has 1 aliphatic heterocycles. The summed E-state index contributed by atoms with van der Waals surface area (Å²) < 4.78 is 44.9. The second-order valence-corrected chi connectivity index (χ2v) is 4.59. The molecule has 1 fully saturated rings. The highest BCUT2D eigenvalue weighted by Gasteiger charge is 2.31. The van der Waals surface area contributed by atoms with Crippen molar-refractivity contribution in [1.82, 2.24) is 0 Å². The van der Waals surface area contributed by atoms with Crippen LogP contribution in [0.25, 0.3) is 0 Å². The molecular formula is C13H15F3O3. The van der Waals surface area contributed by atoms with Crippen LogP contribution in [0.15, 0.2) is 24.3 Å². The summed E-state index contributed by atoms with van der Waals surface area (Å²) in [6, 6.07) is 5.56. The Labute approximate surface area is 108 Å². The van der Waals surface area contributed by atoms with E-state index in [1.807, 2.05) is 0 Å². The van der Waals surface area contributed by atoms with Crippen molar-refractivity contribution in [2.24, 2.45) is 5.92 Å². The third-order valence-electron chi connectivity index (χ3n) is 3.11. The summed E-state index contributed by atoms with van der Waals surface area (Å²) in [4.78, 5) is 0. The van der Waals surface area contributed by atoms with E-state index in [0.717, 1.165) is 12.0 Å². The number of alkyl halides is 3. The number of hydrogen-bond donors (Lipinski definition) is 1. The predicted molar refractivity (Wildman–Crippen MR) is 61.8 cm³/mol. The van der Waals surface area contributed by atoms with E-state index >= 15 is 0 Å². The Hall–Kier alpha value is -1.27. The van der Waals surface area contributed by atoms with E-state index in [1.54, 1.807) is 0 Å². The smallest absolute Gasteiger partial charge is 0.406 e. The number of benzene rings is 1. The topological polar surface area (TPSA) is 38.7 Å². The zero-order valence-electron chi connectivity index (χ0n) is 10.2. The summed E-state index contributed by atoms with van der Waals surface area (Å²) in [5.74, 6) is -0.152. The van der Waals surface area contributed by atoms with Crippen molar-refractivity contribution in [3.05, 3.63) is 29.8 Å². The molecule has 2 atom stereocenters. The Kier molecular flexibility index (Phi) is 4.31. The van der Waals surface area contributed by atoms with E-state index in [9.17, 15) is 18.3 Å². The van der Waals surface area contributed by atoms with E-state index in [2.05, 4.69) is 4.74 Å². The van der Waals surface area contributed by atoms with Crippen LogP contribution in [0.1, 0.15) is 12.0 Å². The molecule has 1 heterocycles. The van der Waals surface area contributed by atoms with Crippen molar-refractivity contribution in [2.45, 2.75) is 25.3 Å². The summed E-state index contributed by atoms with van der Waals surface area (Å²) in [5, 5.41) is 9.97. The van der Waals surface area contributed by atoms with Crippen LogP contribution < -0.4 is 4.74 Å². The molecule has 0 radical (unpaired) electrons. The molecule has 1 N–H and O–H groups in total. The molecule has 1 aromatic carbocycles. The summed E-state index contributed by atoms with van der Waals surface area (Å²) in [5.41, 5.74) is 0.772. The third kappa shape index (κ3) is 4.40. The Morgan fingerprint density at radius 2 is 2.00 bits per heavy atom. The van der Waals surface area contributed by atoms with Gasteiger partial charge in [-0.25, -0.2) is 0 Å². The van der Waals surface area contributed by atoms with Gasteiger partial charge in [-0.3, -0.25) is 0 Å². The highest BCUT2D eigenvalue weighted by Crippen LogP contribution is 2.24. The first-order valence-corrected chi connectivity index (χ1v) is 6.04. The van der Waals surface area contributed by atoms with Gasteiger partial charge in [-0.05, 0) is 30.5 Å². The lowest BCUT2D eigenvalue weighted by Gasteiger charge is -2.16. The molecular weight excluding hydrogens is 261 g/mol. The first kappa shape index (κ1) is 14.1. The molecule has 2 unspecified atom stereocenters. The Bertz CT molecular complexity index is 397. The van der Waals surface area contributed by atoms with Crippen molar-refractivity contribution in [3.8, 4) is 5.75 Å². The van der Waals surface area contributed by atoms with Gasteiger partial charge in [0.25, 0.3) is 0 Å². The number of hydrogen-bond acceptors (Lipinski definition) is 3. The maximum absolute atomic E-state index is 12.0. The van der Waals surface area contributed by atoms with E-state index < -0.39 is 12.5 Å². The molecule has 6 heteroatoms. The largest absolute Gasteiger partial charge is 0.573 e. The Morgan fingerprint density at radius 1 is 1.32 bits per heavy atom. The van der Waals surface area contributed by atoms with Crippen molar-refractivity contribution in [3.63, 3.8) is 0 Å². The molecule has 2 rings (SSSR count). The third-order valence-corrected chi connectivity index (χ3v) is 3.11. The molecule has 0 bridgehead atoms. The van der Waals surface area contributed by atoms with Crippen LogP contribution in [-0.2, 0) is 11.2 Å². The molecule has 3 nitrogen and oxygen atoms in total. The number of rotatable bonds is 4. The van der Waals surface area contributed by atoms with Gasteiger partial charge in [0.05, 0.1) is 12.7 Å². The monoisotopic (exact) mass is 276 g/mol. The molecule has 106 valence electrons. The molecule has 1 aromatic rings. The average molecular weight is 276 g/mol. The highest BCUT2D eigenvalue weighted by molar-refractivity contribution is 5.27. The zero-order chi connectivity index (χ0) is 13.9. The minimum atomic E-state index is -4.68. The number of ether oxygens (including phenoxy) is 2. The van der Waals surface area contributed by atoms with Crippen LogP contribution in [0.4, 0.5) is 13.2 Å². The van der Waals surface area contributed by atoms with Gasteiger partial charge in [0, 0.05) is 12.5 Å². The van der Waals surface area contributed by atoms with Gasteiger partial charge >= 0.3 is 6.36 Å². The molecule has 1 aliphatic rings. The van der Waals surface area contributed by atoms with Gasteiger partial charge in [0.15, 0.2) is 0 Å². The standard InChI is InChI=1S/C13H15F3O3/c14-13(15,16)19-11-3-1-9(2-4-11)7-12(17)10-5-6-18-8-10/h1-4,10,12,17H,5-8H2. The second kappa shape index (κ2) is 5.79. The van der Waals surface area contributed by atoms with Crippen LogP contribution in [0.5, 0.6) is 5.75 Å². The first-order valence-electron chi connectivity index (χ1n) is 6.04. The van der Waals surface area contributed by atoms with Gasteiger partial charge < -0.3 is 14.6 Å². The molecule has 0 aliphatic carbocycles. The summed E-state index contributed by atoms with van der Waals surface area (Å²) in [7, 11) is 0. The Balaban J connectivity index is 1.91. The minimum absolute atomic E-state index is 0.103. The fourth-order valence-corrected chi connectivity index (χ4v) is 2.09. The Morgan fingerprint density at radius 3 is 2.53 bits per heavy atom. The van der Waals surface area contributed by atoms with E-state index in [-0.39, 0.29) is 11.7 Å². The SMILES string of the molecule is OC(Cc1ccc(OC(F)(F)F)cc1)C1CCOC1. The van der Waals surface area contributed by atoms with Crippen LogP contribution in [0, 0.1) is 5.92 Å². The lowest BCUT2D eigenvalue weighted by Crippen LogP contribution is -2.23. The predicted octanol–water partition coefficient (Wildman–Crippen LogP) is 2.53. The minimum Gasteiger partial charge on any atom is -0.406 e. The lowest BCUT2D eigenvalue weighted by molar-refractivity contribution is -0.274. The van der Waals surface area contributed by atoms with E-state index in [0.29, 0.717) is 19.6 Å². The number of aliphatic hydroxyl groups excluding tert-OH is 1. The van der Waals surface area contributed by atoms with Crippen LogP contribution >= 0.6 is 0 Å². The van der Waals surface area contributed by atoms with Crippen molar-refractivity contribution in [2.75, 3.05) is 13.2 Å². The number of halogens is 3. The van der Waals surface area contributed by atoms with Crippen molar-refractivity contribution >= 4 is 0 Å². The van der Waals surface area contributed by atoms with Crippen LogP contribution in [-0.4, -0.2) is 30.8 Å². The van der Waals surface area contributed by atoms with Gasteiger partial charge in [0.1, 0.15) is 5.75 Å². The van der Waals surface area contributed by atoms with Crippen molar-refractivity contribution in [1.29, 1.82) is 0 Å². The van der Waals surface area contributed by atoms with Crippen LogP contribution in [0.2, 0.25) is 0 Å². The van der Waals surface area contributed by atoms with E-state index in [1.165, 1.54) is 24.3 Å². The fraction of sp³-hybridized carbons (Fsp3) is 0.538. The summed E-state index contributed by atoms with van der Waals surface area (Å²) >= 11 is 0. The average Bonchev–Trinajstić information content (AvgIpc) is 2.83. The molecule has 1 saturated heterocycles. The van der Waals surface area contributed by atoms with Gasteiger partial charge in [-0.1, -0.05) is 12.1 Å². The first-order chi connectivity index (χ1) is 8.94. The maximum Gasteiger partial charge on any atom is 0.573 e. The van der Waals surface area contributed by atoms with Crippen molar-refractivity contribution < 1.29 is 27.8 Å². The fourth-order valence-electron chi connectivity index (χ4n) is 2.09. The summed E-state index contributed by atoms with van der Waals surface area (Å²) in [6.07, 6.45) is -3.99. The van der Waals surface area contributed by atoms with Gasteiger partial charge in [0.2, 0.25) is 0 Å². The number of aliphatic hydroxyl groups is 1. The molecule has 0 amide bonds. The highest BCUT2D eigenvalue weighted by atomic mass is 19.4. The van der Waals surface area contributed by atoms with Gasteiger partial charge in [-0.15, -0.1) is 13.2 Å². The van der Waals surface area contributed by atoms with Crippen LogP contribution in [0.3, 0.4) is 0 Å². The molecule has 0 aromatic heterocycles. The second-order valence-electron chi connectivity index (χ2n) is 4.59. The normalized spacial score (nSPS) is 21.4. The lowest BCUT2D eigenvalue weighted by atomic mass is 9.95. The maximum atomic E-state index is 12.0. The van der Waals surface area contributed by atoms with E-state index in [4.69, 9.17) is 4.74 Å². The molecule has 0 saturated carbocycles. The summed E-state index contributed by atoms with van der Waals surface area (Å²) in [6.45, 7) is 1.19. The molecule has 0 spiro atoms. The van der Waals surface area contributed by atoms with Gasteiger partial charge in [-0.2, -0.15) is 0 Å². The quantitative estimate of drug-likeness (QED) is 0.918. The molecule has 19 heavy (non-hydrogen) atoms.